The van der Waals surface area contributed by atoms with Crippen molar-refractivity contribution in [3.63, 3.8) is 0 Å². The third-order valence-corrected chi connectivity index (χ3v) is 5.36. The second-order valence-electron chi connectivity index (χ2n) is 6.63. The van der Waals surface area contributed by atoms with Crippen LogP contribution in [0.4, 0.5) is 0 Å². The van der Waals surface area contributed by atoms with Gasteiger partial charge in [-0.1, -0.05) is 6.08 Å². The lowest BCUT2D eigenvalue weighted by Gasteiger charge is -2.34. The van der Waals surface area contributed by atoms with Crippen LogP contribution in [0.25, 0.3) is 0 Å². The molecule has 0 amide bonds. The maximum absolute atomic E-state index is 12.6. The number of rotatable bonds is 4. The van der Waals surface area contributed by atoms with E-state index in [2.05, 4.69) is 13.0 Å². The Morgan fingerprint density at radius 3 is 2.50 bits per heavy atom. The monoisotopic (exact) mass is 308 g/mol. The van der Waals surface area contributed by atoms with Crippen LogP contribution in [0, 0.1) is 11.3 Å². The minimum atomic E-state index is -1.22. The lowest BCUT2D eigenvalue weighted by atomic mass is 9.83. The molecule has 3 rings (SSSR count). The smallest absolute Gasteiger partial charge is 0.323 e. The molecule has 1 saturated heterocycles. The van der Waals surface area contributed by atoms with Crippen molar-refractivity contribution in [3.05, 3.63) is 11.6 Å². The predicted octanol–water partition coefficient (Wildman–Crippen LogP) is 2.39. The molecule has 2 heterocycles. The van der Waals surface area contributed by atoms with E-state index in [1.165, 1.54) is 5.57 Å². The molecule has 122 valence electrons. The third-order valence-electron chi connectivity index (χ3n) is 5.36. The van der Waals surface area contributed by atoms with Gasteiger partial charge < -0.3 is 14.2 Å². The number of ether oxygens (including phenoxy) is 3. The Morgan fingerprint density at radius 2 is 1.91 bits per heavy atom. The Bertz CT molecular complexity index is 505. The van der Waals surface area contributed by atoms with Gasteiger partial charge >= 0.3 is 11.9 Å². The molecule has 3 aliphatic rings. The summed E-state index contributed by atoms with van der Waals surface area (Å²) in [5.41, 5.74) is -0.405. The summed E-state index contributed by atoms with van der Waals surface area (Å²) in [5, 5.41) is 0. The van der Waals surface area contributed by atoms with E-state index in [1.54, 1.807) is 13.8 Å². The number of carbonyl (C=O) groups excluding carboxylic acids is 2. The fourth-order valence-electron chi connectivity index (χ4n) is 4.34. The maximum atomic E-state index is 12.6. The SMILES string of the molecule is CCOC(=O)C1(C(=O)OCC)C[C@H]2C=C(C)[C@@H]3CC[C@@]2(C1)O3. The predicted molar refractivity (Wildman–Crippen MR) is 79.0 cm³/mol. The highest BCUT2D eigenvalue weighted by Crippen LogP contribution is 2.59. The number of hydrogen-bond acceptors (Lipinski definition) is 5. The van der Waals surface area contributed by atoms with Crippen molar-refractivity contribution >= 4 is 11.9 Å². The molecule has 3 atom stereocenters. The summed E-state index contributed by atoms with van der Waals surface area (Å²) in [6, 6.07) is 0. The van der Waals surface area contributed by atoms with Crippen LogP contribution in [-0.2, 0) is 23.8 Å². The van der Waals surface area contributed by atoms with Gasteiger partial charge in [-0.2, -0.15) is 0 Å². The molecule has 22 heavy (non-hydrogen) atoms. The Kier molecular flexibility index (Phi) is 3.79. The normalized spacial score (nSPS) is 34.8. The average Bonchev–Trinajstić information content (AvgIpc) is 3.02. The molecule has 2 bridgehead atoms. The minimum absolute atomic E-state index is 0.0834. The highest BCUT2D eigenvalue weighted by molar-refractivity contribution is 6.00. The van der Waals surface area contributed by atoms with E-state index < -0.39 is 23.0 Å². The fraction of sp³-hybridized carbons (Fsp3) is 0.765. The van der Waals surface area contributed by atoms with E-state index in [4.69, 9.17) is 14.2 Å². The van der Waals surface area contributed by atoms with Crippen LogP contribution < -0.4 is 0 Å². The van der Waals surface area contributed by atoms with Crippen molar-refractivity contribution in [1.82, 2.24) is 0 Å². The fourth-order valence-corrected chi connectivity index (χ4v) is 4.34. The van der Waals surface area contributed by atoms with E-state index in [-0.39, 0.29) is 25.2 Å². The number of hydrogen-bond donors (Lipinski definition) is 0. The summed E-state index contributed by atoms with van der Waals surface area (Å²) >= 11 is 0. The second kappa shape index (κ2) is 5.37. The summed E-state index contributed by atoms with van der Waals surface area (Å²) in [5.74, 6) is -0.842. The maximum Gasteiger partial charge on any atom is 0.323 e. The number of carbonyl (C=O) groups is 2. The highest BCUT2D eigenvalue weighted by atomic mass is 16.6. The van der Waals surface area contributed by atoms with Gasteiger partial charge in [-0.25, -0.2) is 0 Å². The van der Waals surface area contributed by atoms with Crippen molar-refractivity contribution in [3.8, 4) is 0 Å². The highest BCUT2D eigenvalue weighted by Gasteiger charge is 2.66. The number of esters is 2. The van der Waals surface area contributed by atoms with Gasteiger partial charge in [0.1, 0.15) is 0 Å². The van der Waals surface area contributed by atoms with Crippen LogP contribution in [0.3, 0.4) is 0 Å². The van der Waals surface area contributed by atoms with Gasteiger partial charge in [0, 0.05) is 12.3 Å². The van der Waals surface area contributed by atoms with Gasteiger partial charge in [0.2, 0.25) is 0 Å². The standard InChI is InChI=1S/C17H24O5/c1-4-20-14(18)16(15(19)21-5-2)9-12-8-11(3)13-6-7-17(12,10-16)22-13/h8,12-13H,4-7,9-10H2,1-3H3/t12-,13+,17+/m1/s1. The molecular weight excluding hydrogens is 284 g/mol. The first-order chi connectivity index (χ1) is 10.5. The van der Waals surface area contributed by atoms with E-state index in [1.807, 2.05) is 0 Å². The topological polar surface area (TPSA) is 61.8 Å². The lowest BCUT2D eigenvalue weighted by Crippen LogP contribution is -2.42. The van der Waals surface area contributed by atoms with E-state index in [0.29, 0.717) is 12.8 Å². The molecule has 2 aliphatic heterocycles. The van der Waals surface area contributed by atoms with E-state index in [0.717, 1.165) is 12.8 Å². The lowest BCUT2D eigenvalue weighted by molar-refractivity contribution is -0.173. The van der Waals surface area contributed by atoms with Gasteiger partial charge in [0.25, 0.3) is 0 Å². The third kappa shape index (κ3) is 2.09. The van der Waals surface area contributed by atoms with Crippen molar-refractivity contribution in [2.75, 3.05) is 13.2 Å². The minimum Gasteiger partial charge on any atom is -0.465 e. The summed E-state index contributed by atoms with van der Waals surface area (Å²) in [6.07, 6.45) is 4.98. The Hall–Kier alpha value is -1.36. The van der Waals surface area contributed by atoms with Gasteiger partial charge in [-0.15, -0.1) is 0 Å². The molecule has 0 aromatic heterocycles. The van der Waals surface area contributed by atoms with Crippen LogP contribution in [0.15, 0.2) is 11.6 Å². The largest absolute Gasteiger partial charge is 0.465 e. The van der Waals surface area contributed by atoms with Crippen LogP contribution in [0.1, 0.15) is 46.5 Å². The first kappa shape index (κ1) is 15.5. The molecule has 2 fully saturated rings. The molecule has 5 nitrogen and oxygen atoms in total. The summed E-state index contributed by atoms with van der Waals surface area (Å²) in [7, 11) is 0. The van der Waals surface area contributed by atoms with Gasteiger partial charge in [0.15, 0.2) is 5.41 Å². The van der Waals surface area contributed by atoms with Gasteiger partial charge in [-0.05, 0) is 45.6 Å². The van der Waals surface area contributed by atoms with Crippen LogP contribution >= 0.6 is 0 Å². The Morgan fingerprint density at radius 1 is 1.27 bits per heavy atom. The molecule has 1 spiro atoms. The first-order valence-electron chi connectivity index (χ1n) is 8.18. The van der Waals surface area contributed by atoms with E-state index >= 15 is 0 Å². The zero-order valence-electron chi connectivity index (χ0n) is 13.5. The zero-order chi connectivity index (χ0) is 16.0. The molecular formula is C17H24O5. The van der Waals surface area contributed by atoms with Gasteiger partial charge in [0.05, 0.1) is 24.9 Å². The zero-order valence-corrected chi connectivity index (χ0v) is 13.5. The summed E-state index contributed by atoms with van der Waals surface area (Å²) < 4.78 is 16.7. The van der Waals surface area contributed by atoms with Crippen LogP contribution in [0.5, 0.6) is 0 Å². The summed E-state index contributed by atoms with van der Waals surface area (Å²) in [6.45, 7) is 6.09. The van der Waals surface area contributed by atoms with E-state index in [9.17, 15) is 9.59 Å². The van der Waals surface area contributed by atoms with Crippen molar-refractivity contribution < 1.29 is 23.8 Å². The average molecular weight is 308 g/mol. The Balaban J connectivity index is 1.96. The first-order valence-corrected chi connectivity index (χ1v) is 8.18. The molecule has 0 aromatic rings. The Labute approximate surface area is 131 Å². The van der Waals surface area contributed by atoms with Crippen LogP contribution in [0.2, 0.25) is 0 Å². The molecule has 5 heteroatoms. The second-order valence-corrected chi connectivity index (χ2v) is 6.63. The van der Waals surface area contributed by atoms with Crippen LogP contribution in [-0.4, -0.2) is 36.9 Å². The van der Waals surface area contributed by atoms with Crippen molar-refractivity contribution in [1.29, 1.82) is 0 Å². The molecule has 1 aliphatic carbocycles. The van der Waals surface area contributed by atoms with Gasteiger partial charge in [-0.3, -0.25) is 9.59 Å². The number of fused-ring (bicyclic) bond motifs is 1. The van der Waals surface area contributed by atoms with Crippen molar-refractivity contribution in [2.24, 2.45) is 11.3 Å². The molecule has 0 unspecified atom stereocenters. The summed E-state index contributed by atoms with van der Waals surface area (Å²) in [4.78, 5) is 25.2. The quantitative estimate of drug-likeness (QED) is 0.453. The molecule has 1 saturated carbocycles. The van der Waals surface area contributed by atoms with Crippen molar-refractivity contribution in [2.45, 2.75) is 58.2 Å². The molecule has 0 N–H and O–H groups in total. The molecule has 0 aromatic carbocycles. The molecule has 0 radical (unpaired) electrons.